The zero-order chi connectivity index (χ0) is 35.3. The Kier molecular flexibility index (Phi) is 13.6. The molecule has 1 aromatic heterocycles. The van der Waals surface area contributed by atoms with Crippen molar-refractivity contribution in [2.75, 3.05) is 26.2 Å². The lowest BCUT2D eigenvalue weighted by molar-refractivity contribution is -0.138. The summed E-state index contributed by atoms with van der Waals surface area (Å²) in [4.78, 5) is 57.2. The zero-order valence-corrected chi connectivity index (χ0v) is 29.6. The largest absolute Gasteiger partial charge is 0.350 e. The smallest absolute Gasteiger partial charge is 0.270 e. The second kappa shape index (κ2) is 18.5. The Morgan fingerprint density at radius 1 is 0.800 bits per heavy atom. The van der Waals surface area contributed by atoms with Crippen LogP contribution in [0.2, 0.25) is 0 Å². The predicted octanol–water partition coefficient (Wildman–Crippen LogP) is 4.07. The molecule has 3 aromatic rings. The SMILES string of the molecule is CCC(=O)NC(Cc1ccc(CNC(=O)[C@@H](NC(=O)c2ccnn2CC)C2CCCCCC2)cc1)C(=O)N1CCN(Cc2ccccc2)CC1. The molecule has 1 aliphatic heterocycles. The van der Waals surface area contributed by atoms with Crippen LogP contribution in [-0.4, -0.2) is 81.5 Å². The van der Waals surface area contributed by atoms with Crippen molar-refractivity contribution in [3.63, 3.8) is 0 Å². The molecule has 2 fully saturated rings. The van der Waals surface area contributed by atoms with Crippen LogP contribution in [-0.2, 0) is 40.4 Å². The van der Waals surface area contributed by atoms with E-state index in [0.717, 1.165) is 69.3 Å². The molecule has 1 saturated carbocycles. The van der Waals surface area contributed by atoms with Crippen molar-refractivity contribution in [2.45, 2.75) is 96.9 Å². The van der Waals surface area contributed by atoms with Crippen molar-refractivity contribution < 1.29 is 19.2 Å². The van der Waals surface area contributed by atoms with Crippen LogP contribution in [0, 0.1) is 5.92 Å². The number of benzene rings is 2. The van der Waals surface area contributed by atoms with Crippen molar-refractivity contribution in [3.8, 4) is 0 Å². The second-order valence-electron chi connectivity index (χ2n) is 13.5. The lowest BCUT2D eigenvalue weighted by Crippen LogP contribution is -2.55. The van der Waals surface area contributed by atoms with Crippen LogP contribution in [0.1, 0.15) is 86.0 Å². The fraction of sp³-hybridized carbons (Fsp3) is 0.513. The second-order valence-corrected chi connectivity index (χ2v) is 13.5. The van der Waals surface area contributed by atoms with Gasteiger partial charge in [-0.15, -0.1) is 0 Å². The summed E-state index contributed by atoms with van der Waals surface area (Å²) < 4.78 is 1.64. The highest BCUT2D eigenvalue weighted by atomic mass is 16.2. The third kappa shape index (κ3) is 10.3. The molecule has 50 heavy (non-hydrogen) atoms. The van der Waals surface area contributed by atoms with Gasteiger partial charge in [-0.25, -0.2) is 0 Å². The lowest BCUT2D eigenvalue weighted by Gasteiger charge is -2.36. The molecule has 0 radical (unpaired) electrons. The van der Waals surface area contributed by atoms with Crippen molar-refractivity contribution in [1.29, 1.82) is 0 Å². The molecule has 3 N–H and O–H groups in total. The molecular formula is C39H53N7O4. The molecule has 1 saturated heterocycles. The Hall–Kier alpha value is -4.51. The van der Waals surface area contributed by atoms with Gasteiger partial charge in [0, 0.05) is 64.9 Å². The first-order valence-electron chi connectivity index (χ1n) is 18.4. The van der Waals surface area contributed by atoms with Gasteiger partial charge in [0.05, 0.1) is 0 Å². The van der Waals surface area contributed by atoms with Gasteiger partial charge >= 0.3 is 0 Å². The minimum absolute atomic E-state index is 0.0592. The van der Waals surface area contributed by atoms with Crippen LogP contribution >= 0.6 is 0 Å². The van der Waals surface area contributed by atoms with E-state index in [2.05, 4.69) is 38.1 Å². The van der Waals surface area contributed by atoms with Crippen LogP contribution in [0.5, 0.6) is 0 Å². The fourth-order valence-corrected chi connectivity index (χ4v) is 7.05. The van der Waals surface area contributed by atoms with Gasteiger partial charge in [0.15, 0.2) is 0 Å². The van der Waals surface area contributed by atoms with Crippen molar-refractivity contribution in [3.05, 3.63) is 89.2 Å². The van der Waals surface area contributed by atoms with Gasteiger partial charge in [-0.1, -0.05) is 87.2 Å². The number of piperazine rings is 1. The van der Waals surface area contributed by atoms with Crippen molar-refractivity contribution >= 4 is 23.6 Å². The van der Waals surface area contributed by atoms with Gasteiger partial charge in [-0.3, -0.25) is 28.8 Å². The number of hydrogen-bond donors (Lipinski definition) is 3. The maximum absolute atomic E-state index is 13.7. The number of hydrogen-bond acceptors (Lipinski definition) is 6. The van der Waals surface area contributed by atoms with Crippen LogP contribution in [0.15, 0.2) is 66.9 Å². The van der Waals surface area contributed by atoms with E-state index in [-0.39, 0.29) is 29.5 Å². The summed E-state index contributed by atoms with van der Waals surface area (Å²) in [6.45, 7) is 8.25. The quantitative estimate of drug-likeness (QED) is 0.220. The van der Waals surface area contributed by atoms with Gasteiger partial charge in [0.25, 0.3) is 5.91 Å². The lowest BCUT2D eigenvalue weighted by atomic mass is 9.91. The molecule has 0 bridgehead atoms. The third-order valence-corrected chi connectivity index (χ3v) is 10.0. The highest BCUT2D eigenvalue weighted by Crippen LogP contribution is 2.26. The van der Waals surface area contributed by atoms with Gasteiger partial charge in [-0.2, -0.15) is 5.10 Å². The molecule has 5 rings (SSSR count). The maximum atomic E-state index is 13.7. The summed E-state index contributed by atoms with van der Waals surface area (Å²) in [6, 6.07) is 18.5. The van der Waals surface area contributed by atoms with Gasteiger partial charge in [-0.05, 0) is 48.4 Å². The average molecular weight is 684 g/mol. The first-order valence-corrected chi connectivity index (χ1v) is 18.4. The summed E-state index contributed by atoms with van der Waals surface area (Å²) >= 11 is 0. The van der Waals surface area contributed by atoms with Crippen LogP contribution in [0.25, 0.3) is 0 Å². The summed E-state index contributed by atoms with van der Waals surface area (Å²) in [5, 5.41) is 13.3. The Bertz CT molecular complexity index is 1540. The molecule has 2 heterocycles. The maximum Gasteiger partial charge on any atom is 0.270 e. The van der Waals surface area contributed by atoms with Crippen molar-refractivity contribution in [1.82, 2.24) is 35.5 Å². The normalized spacial score (nSPS) is 17.0. The molecular weight excluding hydrogens is 630 g/mol. The number of aromatic nitrogens is 2. The number of amides is 4. The summed E-state index contributed by atoms with van der Waals surface area (Å²) in [6.07, 6.45) is 8.48. The number of carbonyl (C=O) groups excluding carboxylic acids is 4. The fourth-order valence-electron chi connectivity index (χ4n) is 7.05. The first-order chi connectivity index (χ1) is 24.3. The Morgan fingerprint density at radius 3 is 2.14 bits per heavy atom. The molecule has 1 unspecified atom stereocenters. The van der Waals surface area contributed by atoms with Crippen LogP contribution in [0.3, 0.4) is 0 Å². The van der Waals surface area contributed by atoms with E-state index in [1.165, 1.54) is 5.56 Å². The third-order valence-electron chi connectivity index (χ3n) is 10.0. The topological polar surface area (TPSA) is 129 Å². The Balaban J connectivity index is 1.18. The molecule has 2 aliphatic rings. The minimum Gasteiger partial charge on any atom is -0.350 e. The molecule has 0 spiro atoms. The van der Waals surface area contributed by atoms with E-state index in [9.17, 15) is 19.2 Å². The number of carbonyl (C=O) groups is 4. The van der Waals surface area contributed by atoms with E-state index in [1.807, 2.05) is 54.3 Å². The molecule has 2 aromatic carbocycles. The first kappa shape index (κ1) is 36.8. The molecule has 1 aliphatic carbocycles. The Morgan fingerprint density at radius 2 is 1.48 bits per heavy atom. The Labute approximate surface area is 296 Å². The summed E-state index contributed by atoms with van der Waals surface area (Å²) in [5.41, 5.74) is 3.54. The van der Waals surface area contributed by atoms with Crippen LogP contribution < -0.4 is 16.0 Å². The number of rotatable bonds is 14. The van der Waals surface area contributed by atoms with Gasteiger partial charge in [0.2, 0.25) is 17.7 Å². The molecule has 11 nitrogen and oxygen atoms in total. The van der Waals surface area contributed by atoms with E-state index in [4.69, 9.17) is 0 Å². The minimum atomic E-state index is -0.651. The van der Waals surface area contributed by atoms with Gasteiger partial charge in [0.1, 0.15) is 17.8 Å². The zero-order valence-electron chi connectivity index (χ0n) is 29.6. The van der Waals surface area contributed by atoms with E-state index >= 15 is 0 Å². The number of nitrogens with zero attached hydrogens (tertiary/aromatic N) is 4. The van der Waals surface area contributed by atoms with Crippen molar-refractivity contribution in [2.24, 2.45) is 5.92 Å². The molecule has 4 amide bonds. The molecule has 268 valence electrons. The molecule has 2 atom stereocenters. The highest BCUT2D eigenvalue weighted by molar-refractivity contribution is 5.96. The standard InChI is InChI=1S/C39H53N7O4/c1-3-35(47)42-33(39(50)45-24-22-44(23-25-45)28-31-12-8-7-9-13-31)26-29-16-18-30(19-17-29)27-40-38(49)36(32-14-10-5-6-11-15-32)43-37(48)34-20-21-41-46(34)4-2/h7-9,12-13,16-21,32-33,36H,3-6,10-11,14-15,22-28H2,1-2H3,(H,40,49)(H,42,47)(H,43,48)/t33?,36-/m0/s1. The van der Waals surface area contributed by atoms with E-state index in [1.54, 1.807) is 23.9 Å². The summed E-state index contributed by atoms with van der Waals surface area (Å²) in [5.74, 6) is -0.613. The monoisotopic (exact) mass is 683 g/mol. The summed E-state index contributed by atoms with van der Waals surface area (Å²) in [7, 11) is 0. The molecule has 11 heteroatoms. The number of nitrogens with one attached hydrogen (secondary N) is 3. The average Bonchev–Trinajstić information content (AvgIpc) is 3.48. The predicted molar refractivity (Wildman–Crippen MR) is 193 cm³/mol. The highest BCUT2D eigenvalue weighted by Gasteiger charge is 2.32. The van der Waals surface area contributed by atoms with Gasteiger partial charge < -0.3 is 20.9 Å². The van der Waals surface area contributed by atoms with E-state index in [0.29, 0.717) is 44.7 Å². The number of aryl methyl sites for hydroxylation is 1. The van der Waals surface area contributed by atoms with E-state index < -0.39 is 12.1 Å². The van der Waals surface area contributed by atoms with Crippen LogP contribution in [0.4, 0.5) is 0 Å².